The van der Waals surface area contributed by atoms with Gasteiger partial charge in [-0.25, -0.2) is 26.8 Å². The van der Waals surface area contributed by atoms with Gasteiger partial charge in [0.2, 0.25) is 0 Å². The monoisotopic (exact) mass is 444 g/mol. The standard InChI is InChI=1S/2C7H10N2O2S.2ClH/c2*8-4-6-12(10,11)7-3-1-2-5-9-7;;/h2*1-3,5H,4,6,8H2;2*1H. The van der Waals surface area contributed by atoms with Crippen molar-refractivity contribution in [3.63, 3.8) is 0 Å². The van der Waals surface area contributed by atoms with Crippen LogP contribution in [0.5, 0.6) is 0 Å². The minimum absolute atomic E-state index is 0. The SMILES string of the molecule is Cl.Cl.NCCS(=O)(=O)c1ccccn1.NCCS(=O)(=O)c1ccccn1. The Balaban J connectivity index is 0. The predicted molar refractivity (Wildman–Crippen MR) is 105 cm³/mol. The molecule has 0 radical (unpaired) electrons. The van der Waals surface area contributed by atoms with Gasteiger partial charge in [0.1, 0.15) is 0 Å². The minimum Gasteiger partial charge on any atom is -0.329 e. The van der Waals surface area contributed by atoms with Gasteiger partial charge in [0.15, 0.2) is 29.7 Å². The van der Waals surface area contributed by atoms with Gasteiger partial charge in [-0.2, -0.15) is 0 Å². The van der Waals surface area contributed by atoms with Crippen molar-refractivity contribution in [1.29, 1.82) is 0 Å². The van der Waals surface area contributed by atoms with Crippen molar-refractivity contribution in [2.45, 2.75) is 10.1 Å². The van der Waals surface area contributed by atoms with Gasteiger partial charge in [0.25, 0.3) is 0 Å². The maximum Gasteiger partial charge on any atom is 0.196 e. The highest BCUT2D eigenvalue weighted by Crippen LogP contribution is 2.05. The fourth-order valence-electron chi connectivity index (χ4n) is 1.58. The Hall–Kier alpha value is -1.30. The van der Waals surface area contributed by atoms with Gasteiger partial charge in [-0.05, 0) is 24.3 Å². The van der Waals surface area contributed by atoms with Crippen LogP contribution in [0, 0.1) is 0 Å². The molecule has 0 saturated heterocycles. The Morgan fingerprint density at radius 3 is 1.27 bits per heavy atom. The number of aromatic nitrogens is 2. The Kier molecular flexibility index (Phi) is 13.4. The van der Waals surface area contributed by atoms with Crippen LogP contribution in [0.4, 0.5) is 0 Å². The zero-order valence-corrected chi connectivity index (χ0v) is 17.0. The van der Waals surface area contributed by atoms with Gasteiger partial charge in [-0.3, -0.25) is 0 Å². The van der Waals surface area contributed by atoms with Gasteiger partial charge in [0.05, 0.1) is 11.5 Å². The average molecular weight is 445 g/mol. The van der Waals surface area contributed by atoms with Crippen LogP contribution in [0.15, 0.2) is 58.8 Å². The molecule has 2 heterocycles. The second-order valence-electron chi connectivity index (χ2n) is 4.55. The summed E-state index contributed by atoms with van der Waals surface area (Å²) in [6.07, 6.45) is 2.90. The Bertz CT molecular complexity index is 749. The molecular formula is C14H22Cl2N4O4S2. The highest BCUT2D eigenvalue weighted by atomic mass is 35.5. The second kappa shape index (κ2) is 13.0. The molecule has 26 heavy (non-hydrogen) atoms. The minimum atomic E-state index is -3.25. The smallest absolute Gasteiger partial charge is 0.196 e. The quantitative estimate of drug-likeness (QED) is 0.653. The van der Waals surface area contributed by atoms with Crippen molar-refractivity contribution in [3.05, 3.63) is 48.8 Å². The molecule has 2 aromatic heterocycles. The van der Waals surface area contributed by atoms with Crippen LogP contribution in [-0.2, 0) is 19.7 Å². The molecule has 0 aliphatic heterocycles. The molecule has 12 heteroatoms. The molecule has 4 N–H and O–H groups in total. The van der Waals surface area contributed by atoms with Gasteiger partial charge in [0, 0.05) is 25.5 Å². The lowest BCUT2D eigenvalue weighted by Crippen LogP contribution is -2.16. The largest absolute Gasteiger partial charge is 0.329 e. The first kappa shape index (κ1) is 26.9. The Morgan fingerprint density at radius 1 is 0.692 bits per heavy atom. The van der Waals surface area contributed by atoms with E-state index in [0.29, 0.717) is 0 Å². The zero-order chi connectivity index (χ0) is 18.1. The van der Waals surface area contributed by atoms with E-state index in [2.05, 4.69) is 9.97 Å². The molecule has 0 bridgehead atoms. The van der Waals surface area contributed by atoms with E-state index in [1.165, 1.54) is 24.5 Å². The van der Waals surface area contributed by atoms with E-state index >= 15 is 0 Å². The van der Waals surface area contributed by atoms with E-state index in [0.717, 1.165) is 0 Å². The molecule has 148 valence electrons. The summed E-state index contributed by atoms with van der Waals surface area (Å²) in [4.78, 5) is 7.45. The number of nitrogens with zero attached hydrogens (tertiary/aromatic N) is 2. The molecular weight excluding hydrogens is 423 g/mol. The topological polar surface area (TPSA) is 146 Å². The van der Waals surface area contributed by atoms with Crippen LogP contribution < -0.4 is 11.5 Å². The number of halogens is 2. The van der Waals surface area contributed by atoms with Crippen LogP contribution in [-0.4, -0.2) is 51.4 Å². The highest BCUT2D eigenvalue weighted by molar-refractivity contribution is 7.91. The van der Waals surface area contributed by atoms with Crippen LogP contribution >= 0.6 is 24.8 Å². The summed E-state index contributed by atoms with van der Waals surface area (Å²) in [6, 6.07) is 9.53. The number of sulfone groups is 2. The fraction of sp³-hybridized carbons (Fsp3) is 0.286. The molecule has 0 fully saturated rings. The summed E-state index contributed by atoms with van der Waals surface area (Å²) >= 11 is 0. The number of nitrogens with two attached hydrogens (primary N) is 2. The van der Waals surface area contributed by atoms with Crippen molar-refractivity contribution in [2.75, 3.05) is 24.6 Å². The van der Waals surface area contributed by atoms with Crippen LogP contribution in [0.2, 0.25) is 0 Å². The first-order valence-corrected chi connectivity index (χ1v) is 10.3. The third-order valence-corrected chi connectivity index (χ3v) is 5.99. The molecule has 2 rings (SSSR count). The molecule has 0 aliphatic rings. The number of hydrogen-bond donors (Lipinski definition) is 2. The first-order valence-electron chi connectivity index (χ1n) is 7.01. The first-order chi connectivity index (χ1) is 11.3. The Labute approximate surface area is 166 Å². The van der Waals surface area contributed by atoms with E-state index < -0.39 is 19.7 Å². The molecule has 0 spiro atoms. The van der Waals surface area contributed by atoms with Crippen molar-refractivity contribution in [3.8, 4) is 0 Å². The third-order valence-electron chi connectivity index (χ3n) is 2.69. The van der Waals surface area contributed by atoms with Gasteiger partial charge in [-0.15, -0.1) is 24.8 Å². The third kappa shape index (κ3) is 8.88. The summed E-state index contributed by atoms with van der Waals surface area (Å²) in [5.74, 6) is -0.103. The molecule has 2 aromatic rings. The summed E-state index contributed by atoms with van der Waals surface area (Å²) in [5.41, 5.74) is 10.3. The lowest BCUT2D eigenvalue weighted by atomic mass is 10.5. The van der Waals surface area contributed by atoms with Crippen LogP contribution in [0.25, 0.3) is 0 Å². The van der Waals surface area contributed by atoms with Crippen LogP contribution in [0.1, 0.15) is 0 Å². The number of hydrogen-bond acceptors (Lipinski definition) is 8. The lowest BCUT2D eigenvalue weighted by molar-refractivity contribution is 0.590. The van der Waals surface area contributed by atoms with Crippen LogP contribution in [0.3, 0.4) is 0 Å². The number of pyridine rings is 2. The van der Waals surface area contributed by atoms with E-state index in [4.69, 9.17) is 11.5 Å². The maximum absolute atomic E-state index is 11.3. The van der Waals surface area contributed by atoms with Gasteiger partial charge in [-0.1, -0.05) is 12.1 Å². The van der Waals surface area contributed by atoms with Crippen molar-refractivity contribution < 1.29 is 16.8 Å². The van der Waals surface area contributed by atoms with E-state index in [-0.39, 0.29) is 59.5 Å². The summed E-state index contributed by atoms with van der Waals surface area (Å²) in [6.45, 7) is 0.248. The van der Waals surface area contributed by atoms with E-state index in [1.807, 2.05) is 0 Å². The molecule has 0 aliphatic carbocycles. The molecule has 0 amide bonds. The van der Waals surface area contributed by atoms with Gasteiger partial charge < -0.3 is 11.5 Å². The molecule has 0 atom stereocenters. The molecule has 0 saturated carbocycles. The molecule has 0 aromatic carbocycles. The Morgan fingerprint density at radius 2 is 1.04 bits per heavy atom. The van der Waals surface area contributed by atoms with Crippen molar-refractivity contribution >= 4 is 44.5 Å². The lowest BCUT2D eigenvalue weighted by Gasteiger charge is -1.99. The maximum atomic E-state index is 11.3. The van der Waals surface area contributed by atoms with E-state index in [1.54, 1.807) is 24.3 Å². The second-order valence-corrected chi connectivity index (χ2v) is 8.66. The highest BCUT2D eigenvalue weighted by Gasteiger charge is 2.13. The summed E-state index contributed by atoms with van der Waals surface area (Å²) in [5, 5.41) is 0.186. The van der Waals surface area contributed by atoms with Crippen molar-refractivity contribution in [2.24, 2.45) is 11.5 Å². The van der Waals surface area contributed by atoms with E-state index in [9.17, 15) is 16.8 Å². The summed E-state index contributed by atoms with van der Waals surface area (Å²) < 4.78 is 45.2. The molecule has 0 unspecified atom stereocenters. The zero-order valence-electron chi connectivity index (χ0n) is 13.8. The molecule has 8 nitrogen and oxygen atoms in total. The predicted octanol–water partition coefficient (Wildman–Crippen LogP) is 0.472. The summed E-state index contributed by atoms with van der Waals surface area (Å²) in [7, 11) is -6.49. The normalized spacial score (nSPS) is 10.5. The van der Waals surface area contributed by atoms with Gasteiger partial charge >= 0.3 is 0 Å². The fourth-order valence-corrected chi connectivity index (χ4v) is 3.64. The average Bonchev–Trinajstić information content (AvgIpc) is 2.57. The van der Waals surface area contributed by atoms with Crippen molar-refractivity contribution in [1.82, 2.24) is 9.97 Å². The number of rotatable bonds is 6.